The second kappa shape index (κ2) is 8.12. The Labute approximate surface area is 112 Å². The molecular weight excluding hydrogens is 248 g/mol. The third-order valence-electron chi connectivity index (χ3n) is 2.71. The molecule has 0 aliphatic carbocycles. The Morgan fingerprint density at radius 1 is 1.32 bits per heavy atom. The van der Waals surface area contributed by atoms with Gasteiger partial charge in [0.05, 0.1) is 12.2 Å². The first-order valence-electron chi connectivity index (χ1n) is 6.30. The van der Waals surface area contributed by atoms with Crippen molar-refractivity contribution in [2.75, 3.05) is 6.54 Å². The molecule has 0 spiro atoms. The molecule has 19 heavy (non-hydrogen) atoms. The van der Waals surface area contributed by atoms with Gasteiger partial charge in [-0.05, 0) is 18.9 Å². The van der Waals surface area contributed by atoms with Gasteiger partial charge in [0.25, 0.3) is 0 Å². The predicted octanol–water partition coefficient (Wildman–Crippen LogP) is 0.864. The molecule has 7 heteroatoms. The van der Waals surface area contributed by atoms with E-state index in [4.69, 9.17) is 5.11 Å². The predicted molar refractivity (Wildman–Crippen MR) is 69.6 cm³/mol. The van der Waals surface area contributed by atoms with Crippen molar-refractivity contribution in [3.8, 4) is 0 Å². The Morgan fingerprint density at radius 2 is 2.11 bits per heavy atom. The van der Waals surface area contributed by atoms with E-state index in [0.717, 1.165) is 18.5 Å². The van der Waals surface area contributed by atoms with Crippen LogP contribution in [0.1, 0.15) is 31.4 Å². The molecule has 2 amide bonds. The van der Waals surface area contributed by atoms with E-state index < -0.39 is 5.97 Å². The lowest BCUT2D eigenvalue weighted by Gasteiger charge is -2.07. The van der Waals surface area contributed by atoms with Gasteiger partial charge in [-0.15, -0.1) is 0 Å². The zero-order valence-corrected chi connectivity index (χ0v) is 11.1. The lowest BCUT2D eigenvalue weighted by molar-refractivity contribution is -0.137. The number of carbonyl (C=O) groups is 2. The normalized spacial score (nSPS) is 10.2. The number of hydrogen-bond acceptors (Lipinski definition) is 3. The summed E-state index contributed by atoms with van der Waals surface area (Å²) in [7, 11) is 1.82. The minimum absolute atomic E-state index is 0.187. The van der Waals surface area contributed by atoms with Crippen LogP contribution in [-0.2, 0) is 18.4 Å². The fraction of sp³-hybridized carbons (Fsp3) is 0.583. The Kier molecular flexibility index (Phi) is 6.42. The van der Waals surface area contributed by atoms with Gasteiger partial charge < -0.3 is 15.7 Å². The fourth-order valence-electron chi connectivity index (χ4n) is 1.59. The van der Waals surface area contributed by atoms with Crippen LogP contribution in [0.15, 0.2) is 12.3 Å². The van der Waals surface area contributed by atoms with Crippen LogP contribution in [-0.4, -0.2) is 33.4 Å². The second-order valence-corrected chi connectivity index (χ2v) is 4.26. The Hall–Kier alpha value is -2.05. The highest BCUT2D eigenvalue weighted by Crippen LogP contribution is 1.98. The maximum atomic E-state index is 11.4. The average molecular weight is 268 g/mol. The van der Waals surface area contributed by atoms with Gasteiger partial charge in [-0.3, -0.25) is 9.48 Å². The van der Waals surface area contributed by atoms with Gasteiger partial charge in [0.2, 0.25) is 0 Å². The first-order chi connectivity index (χ1) is 9.09. The summed E-state index contributed by atoms with van der Waals surface area (Å²) in [5, 5.41) is 17.9. The van der Waals surface area contributed by atoms with Gasteiger partial charge in [-0.2, -0.15) is 5.10 Å². The van der Waals surface area contributed by atoms with Crippen LogP contribution < -0.4 is 10.6 Å². The summed E-state index contributed by atoms with van der Waals surface area (Å²) in [4.78, 5) is 21.7. The smallest absolute Gasteiger partial charge is 0.315 e. The van der Waals surface area contributed by atoms with Crippen molar-refractivity contribution >= 4 is 12.0 Å². The number of amides is 2. The quantitative estimate of drug-likeness (QED) is 0.609. The molecule has 0 aliphatic heterocycles. The number of nitrogens with zero attached hydrogens (tertiary/aromatic N) is 2. The van der Waals surface area contributed by atoms with Gasteiger partial charge in [0.15, 0.2) is 0 Å². The zero-order chi connectivity index (χ0) is 14.1. The standard InChI is InChI=1S/C12H20N4O3/c1-16-10(6-8-15-16)9-14-12(19)13-7-4-2-3-5-11(17)18/h6,8H,2-5,7,9H2,1H3,(H,17,18)(H2,13,14,19). The lowest BCUT2D eigenvalue weighted by Crippen LogP contribution is -2.35. The maximum absolute atomic E-state index is 11.4. The van der Waals surface area contributed by atoms with E-state index >= 15 is 0 Å². The highest BCUT2D eigenvalue weighted by molar-refractivity contribution is 5.73. The van der Waals surface area contributed by atoms with E-state index in [1.165, 1.54) is 0 Å². The van der Waals surface area contributed by atoms with Crippen LogP contribution in [0.25, 0.3) is 0 Å². The molecular formula is C12H20N4O3. The van der Waals surface area contributed by atoms with Gasteiger partial charge in [0.1, 0.15) is 0 Å². The summed E-state index contributed by atoms with van der Waals surface area (Å²) in [6.45, 7) is 0.984. The molecule has 0 unspecified atom stereocenters. The van der Waals surface area contributed by atoms with Crippen LogP contribution in [0.3, 0.4) is 0 Å². The summed E-state index contributed by atoms with van der Waals surface area (Å²) in [6, 6.07) is 1.62. The van der Waals surface area contributed by atoms with E-state index in [1.807, 2.05) is 13.1 Å². The number of nitrogens with one attached hydrogen (secondary N) is 2. The highest BCUT2D eigenvalue weighted by Gasteiger charge is 2.02. The number of unbranched alkanes of at least 4 members (excludes halogenated alkanes) is 2. The number of rotatable bonds is 8. The number of carboxylic acid groups (broad SMARTS) is 1. The SMILES string of the molecule is Cn1nccc1CNC(=O)NCCCCCC(=O)O. The minimum Gasteiger partial charge on any atom is -0.481 e. The number of aliphatic carboxylic acids is 1. The summed E-state index contributed by atoms with van der Waals surface area (Å²) < 4.78 is 1.70. The molecule has 0 aromatic carbocycles. The van der Waals surface area contributed by atoms with Gasteiger partial charge in [-0.1, -0.05) is 6.42 Å². The van der Waals surface area contributed by atoms with Crippen LogP contribution in [0.5, 0.6) is 0 Å². The van der Waals surface area contributed by atoms with Gasteiger partial charge >= 0.3 is 12.0 Å². The van der Waals surface area contributed by atoms with E-state index in [2.05, 4.69) is 15.7 Å². The van der Waals surface area contributed by atoms with Crippen LogP contribution >= 0.6 is 0 Å². The van der Waals surface area contributed by atoms with E-state index in [9.17, 15) is 9.59 Å². The number of aromatic nitrogens is 2. The number of urea groups is 1. The summed E-state index contributed by atoms with van der Waals surface area (Å²) >= 11 is 0. The summed E-state index contributed by atoms with van der Waals surface area (Å²) in [5.74, 6) is -0.776. The molecule has 1 aromatic heterocycles. The average Bonchev–Trinajstić information content (AvgIpc) is 2.76. The molecule has 0 fully saturated rings. The van der Waals surface area contributed by atoms with Crippen molar-refractivity contribution in [2.45, 2.75) is 32.2 Å². The number of hydrogen-bond donors (Lipinski definition) is 3. The van der Waals surface area contributed by atoms with E-state index in [0.29, 0.717) is 19.5 Å². The van der Waals surface area contributed by atoms with Crippen molar-refractivity contribution in [1.29, 1.82) is 0 Å². The van der Waals surface area contributed by atoms with Gasteiger partial charge in [0, 0.05) is 26.2 Å². The largest absolute Gasteiger partial charge is 0.481 e. The van der Waals surface area contributed by atoms with E-state index in [-0.39, 0.29) is 12.5 Å². The minimum atomic E-state index is -0.776. The molecule has 1 heterocycles. The molecule has 0 aliphatic rings. The first kappa shape index (κ1) is 15.0. The monoisotopic (exact) mass is 268 g/mol. The molecule has 106 valence electrons. The molecule has 7 nitrogen and oxygen atoms in total. The first-order valence-corrected chi connectivity index (χ1v) is 6.30. The number of carboxylic acids is 1. The Morgan fingerprint density at radius 3 is 2.74 bits per heavy atom. The third-order valence-corrected chi connectivity index (χ3v) is 2.71. The highest BCUT2D eigenvalue weighted by atomic mass is 16.4. The van der Waals surface area contributed by atoms with Crippen LogP contribution in [0.2, 0.25) is 0 Å². The molecule has 0 saturated carbocycles. The Balaban J connectivity index is 2.02. The molecule has 1 aromatic rings. The van der Waals surface area contributed by atoms with Crippen LogP contribution in [0.4, 0.5) is 4.79 Å². The third kappa shape index (κ3) is 6.44. The molecule has 0 bridgehead atoms. The number of aryl methyl sites for hydroxylation is 1. The maximum Gasteiger partial charge on any atom is 0.315 e. The van der Waals surface area contributed by atoms with Crippen molar-refractivity contribution in [3.63, 3.8) is 0 Å². The molecule has 0 radical (unpaired) electrons. The zero-order valence-electron chi connectivity index (χ0n) is 11.1. The van der Waals surface area contributed by atoms with Crippen LogP contribution in [0, 0.1) is 0 Å². The number of carbonyl (C=O) groups excluding carboxylic acids is 1. The summed E-state index contributed by atoms with van der Waals surface area (Å²) in [5.41, 5.74) is 0.927. The molecule has 0 saturated heterocycles. The molecule has 0 atom stereocenters. The van der Waals surface area contributed by atoms with E-state index in [1.54, 1.807) is 10.9 Å². The second-order valence-electron chi connectivity index (χ2n) is 4.26. The van der Waals surface area contributed by atoms with Gasteiger partial charge in [-0.25, -0.2) is 4.79 Å². The van der Waals surface area contributed by atoms with Crippen molar-refractivity contribution < 1.29 is 14.7 Å². The molecule has 3 N–H and O–H groups in total. The Bertz CT molecular complexity index is 417. The van der Waals surface area contributed by atoms with Crippen molar-refractivity contribution in [1.82, 2.24) is 20.4 Å². The van der Waals surface area contributed by atoms with Crippen molar-refractivity contribution in [3.05, 3.63) is 18.0 Å². The molecule has 1 rings (SSSR count). The fourth-order valence-corrected chi connectivity index (χ4v) is 1.59. The summed E-state index contributed by atoms with van der Waals surface area (Å²) in [6.07, 6.45) is 4.10. The van der Waals surface area contributed by atoms with Crippen molar-refractivity contribution in [2.24, 2.45) is 7.05 Å². The topological polar surface area (TPSA) is 96.3 Å². The lowest BCUT2D eigenvalue weighted by atomic mass is 10.2.